The molecule has 0 saturated heterocycles. The molecule has 1 heterocycles. The summed E-state index contributed by atoms with van der Waals surface area (Å²) in [6.45, 7) is 0. The van der Waals surface area contributed by atoms with Crippen molar-refractivity contribution in [1.82, 2.24) is 4.98 Å². The van der Waals surface area contributed by atoms with Crippen LogP contribution < -0.4 is 4.74 Å². The molecule has 0 aliphatic rings. The Hall–Kier alpha value is -0.532. The van der Waals surface area contributed by atoms with Crippen LogP contribution in [0.25, 0.3) is 10.2 Å². The predicted molar refractivity (Wildman–Crippen MR) is 58.4 cm³/mol. The minimum atomic E-state index is 0.881. The zero-order chi connectivity index (χ0) is 9.26. The molecule has 0 spiro atoms. The Morgan fingerprint density at radius 1 is 1.54 bits per heavy atom. The fraction of sp³-hybridized carbons (Fsp3) is 0.222. The molecule has 0 aliphatic heterocycles. The average Bonchev–Trinajstić information content (AvgIpc) is 2.58. The minimum absolute atomic E-state index is 0.881. The molecular formula is C9H10AsNOS. The molecule has 0 radical (unpaired) electrons. The van der Waals surface area contributed by atoms with Crippen molar-refractivity contribution in [3.8, 4) is 5.75 Å². The van der Waals surface area contributed by atoms with Gasteiger partial charge in [-0.2, -0.15) is 0 Å². The topological polar surface area (TPSA) is 22.1 Å². The van der Waals surface area contributed by atoms with Crippen molar-refractivity contribution in [2.75, 3.05) is 7.11 Å². The van der Waals surface area contributed by atoms with E-state index < -0.39 is 0 Å². The van der Waals surface area contributed by atoms with E-state index in [9.17, 15) is 0 Å². The van der Waals surface area contributed by atoms with E-state index in [1.807, 2.05) is 12.1 Å². The van der Waals surface area contributed by atoms with Crippen molar-refractivity contribution >= 4 is 38.4 Å². The summed E-state index contributed by atoms with van der Waals surface area (Å²) in [6, 6.07) is 6.03. The molecule has 0 amide bonds. The Kier molecular flexibility index (Phi) is 2.56. The third-order valence-corrected chi connectivity index (χ3v) is 4.30. The summed E-state index contributed by atoms with van der Waals surface area (Å²) in [4.78, 5) is 4.49. The third-order valence-electron chi connectivity index (χ3n) is 1.81. The van der Waals surface area contributed by atoms with Crippen LogP contribution in [0.1, 0.15) is 5.01 Å². The fourth-order valence-electron chi connectivity index (χ4n) is 1.17. The maximum absolute atomic E-state index is 5.13. The van der Waals surface area contributed by atoms with Gasteiger partial charge < -0.3 is 0 Å². The normalized spacial score (nSPS) is 10.6. The van der Waals surface area contributed by atoms with Gasteiger partial charge >= 0.3 is 89.4 Å². The quantitative estimate of drug-likeness (QED) is 0.757. The third kappa shape index (κ3) is 1.72. The molecule has 1 atom stereocenters. The first-order valence-electron chi connectivity index (χ1n) is 3.97. The SMILES string of the molecule is COc1ccc2sc(C[AsH2])nc2c1. The first kappa shape index (κ1) is 9.04. The number of rotatable bonds is 2. The van der Waals surface area contributed by atoms with Crippen molar-refractivity contribution < 1.29 is 4.74 Å². The zero-order valence-electron chi connectivity index (χ0n) is 7.28. The summed E-state index contributed by atoms with van der Waals surface area (Å²) in [5, 5.41) is 2.28. The van der Waals surface area contributed by atoms with Crippen LogP contribution in [0.5, 0.6) is 5.75 Å². The second-order valence-electron chi connectivity index (χ2n) is 2.65. The molecule has 2 aromatic rings. The number of methoxy groups -OCH3 is 1. The second kappa shape index (κ2) is 3.68. The molecule has 2 nitrogen and oxygen atoms in total. The molecule has 4 heteroatoms. The van der Waals surface area contributed by atoms with Crippen molar-refractivity contribution in [1.29, 1.82) is 0 Å². The summed E-state index contributed by atoms with van der Waals surface area (Å²) in [6.07, 6.45) is 0. The van der Waals surface area contributed by atoms with Crippen molar-refractivity contribution in [3.63, 3.8) is 0 Å². The van der Waals surface area contributed by atoms with Gasteiger partial charge in [-0.25, -0.2) is 0 Å². The van der Waals surface area contributed by atoms with Gasteiger partial charge in [0.1, 0.15) is 0 Å². The van der Waals surface area contributed by atoms with Gasteiger partial charge in [0, 0.05) is 0 Å². The Balaban J connectivity index is 2.57. The van der Waals surface area contributed by atoms with Gasteiger partial charge in [0.05, 0.1) is 0 Å². The molecule has 2 rings (SSSR count). The number of nitrogens with zero attached hydrogens (tertiary/aromatic N) is 1. The van der Waals surface area contributed by atoms with Crippen LogP contribution in [0.2, 0.25) is 0 Å². The van der Waals surface area contributed by atoms with Crippen molar-refractivity contribution in [3.05, 3.63) is 23.2 Å². The van der Waals surface area contributed by atoms with Gasteiger partial charge in [-0.15, -0.1) is 0 Å². The summed E-state index contributed by atoms with van der Waals surface area (Å²) >= 11 is 3.46. The number of aromatic nitrogens is 1. The van der Waals surface area contributed by atoms with Crippen LogP contribution in [0.4, 0.5) is 0 Å². The Morgan fingerprint density at radius 2 is 2.38 bits per heavy atom. The molecule has 0 bridgehead atoms. The molecule has 0 N–H and O–H groups in total. The van der Waals surface area contributed by atoms with Gasteiger partial charge in [-0.3, -0.25) is 0 Å². The van der Waals surface area contributed by atoms with E-state index in [1.54, 1.807) is 35.3 Å². The van der Waals surface area contributed by atoms with E-state index in [1.165, 1.54) is 9.71 Å². The summed E-state index contributed by atoms with van der Waals surface area (Å²) in [7, 11) is 1.68. The van der Waals surface area contributed by atoms with E-state index >= 15 is 0 Å². The number of hydrogen-bond donors (Lipinski definition) is 0. The number of ether oxygens (including phenoxy) is 1. The van der Waals surface area contributed by atoms with E-state index in [-0.39, 0.29) is 0 Å². The molecule has 13 heavy (non-hydrogen) atoms. The molecule has 0 saturated carbocycles. The predicted octanol–water partition coefficient (Wildman–Crippen LogP) is 1.44. The molecule has 0 aliphatic carbocycles. The van der Waals surface area contributed by atoms with Crippen LogP contribution in [-0.2, 0) is 5.21 Å². The molecule has 0 fully saturated rings. The monoisotopic (exact) mass is 255 g/mol. The van der Waals surface area contributed by atoms with Crippen LogP contribution in [0, 0.1) is 0 Å². The van der Waals surface area contributed by atoms with Gasteiger partial charge in [0.25, 0.3) is 0 Å². The van der Waals surface area contributed by atoms with Crippen LogP contribution in [0.3, 0.4) is 0 Å². The Morgan fingerprint density at radius 3 is 3.08 bits per heavy atom. The number of fused-ring (bicyclic) bond motifs is 1. The van der Waals surface area contributed by atoms with Crippen molar-refractivity contribution in [2.24, 2.45) is 0 Å². The Bertz CT molecular complexity index is 424. The van der Waals surface area contributed by atoms with E-state index in [4.69, 9.17) is 4.74 Å². The van der Waals surface area contributed by atoms with E-state index in [0.29, 0.717) is 0 Å². The summed E-state index contributed by atoms with van der Waals surface area (Å²) < 4.78 is 6.38. The number of hydrogen-bond acceptors (Lipinski definition) is 3. The van der Waals surface area contributed by atoms with Crippen LogP contribution in [-0.4, -0.2) is 28.9 Å². The van der Waals surface area contributed by atoms with Crippen LogP contribution >= 0.6 is 11.3 Å². The fourth-order valence-corrected chi connectivity index (χ4v) is 2.71. The first-order valence-corrected chi connectivity index (χ1v) is 6.50. The standard InChI is InChI=1S/C9H10AsNOS/c1-12-6-2-3-8-7(4-6)11-9(5-10)13-8/h2-4H,5,10H2,1H3. The summed E-state index contributed by atoms with van der Waals surface area (Å²) in [5.74, 6) is 0.881. The van der Waals surface area contributed by atoms with Crippen LogP contribution in [0.15, 0.2) is 18.2 Å². The van der Waals surface area contributed by atoms with E-state index in [0.717, 1.165) is 16.5 Å². The molecule has 1 aromatic carbocycles. The number of benzene rings is 1. The van der Waals surface area contributed by atoms with Gasteiger partial charge in [0.15, 0.2) is 0 Å². The summed E-state index contributed by atoms with van der Waals surface area (Å²) in [5.41, 5.74) is 1.05. The van der Waals surface area contributed by atoms with Gasteiger partial charge in [0.2, 0.25) is 0 Å². The molecular weight excluding hydrogens is 245 g/mol. The Labute approximate surface area is 89.4 Å². The number of thiazole rings is 1. The second-order valence-corrected chi connectivity index (χ2v) is 4.62. The van der Waals surface area contributed by atoms with Gasteiger partial charge in [-0.1, -0.05) is 0 Å². The average molecular weight is 255 g/mol. The maximum atomic E-state index is 5.13. The first-order chi connectivity index (χ1) is 6.33. The van der Waals surface area contributed by atoms with Gasteiger partial charge in [-0.05, 0) is 0 Å². The zero-order valence-corrected chi connectivity index (χ0v) is 10.5. The molecule has 68 valence electrons. The molecule has 1 unspecified atom stereocenters. The van der Waals surface area contributed by atoms with Crippen molar-refractivity contribution in [2.45, 2.75) is 5.21 Å². The molecule has 1 aromatic heterocycles. The van der Waals surface area contributed by atoms with E-state index in [2.05, 4.69) is 11.1 Å².